The Hall–Kier alpha value is -0.530. The summed E-state index contributed by atoms with van der Waals surface area (Å²) in [5.41, 5.74) is 0. The van der Waals surface area contributed by atoms with Crippen LogP contribution in [0, 0.1) is 11.8 Å². The summed E-state index contributed by atoms with van der Waals surface area (Å²) in [6.45, 7) is 9.47. The number of unbranched alkanes of at least 4 members (excludes halogenated alkanes) is 16. The van der Waals surface area contributed by atoms with Crippen molar-refractivity contribution in [3.05, 3.63) is 0 Å². The normalized spacial score (nSPS) is 13.2. The van der Waals surface area contributed by atoms with Gasteiger partial charge in [-0.05, 0) is 25.2 Å². The van der Waals surface area contributed by atoms with Gasteiger partial charge in [-0.1, -0.05) is 150 Å². The summed E-state index contributed by atoms with van der Waals surface area (Å²) in [5.74, 6) is 0.665. The van der Waals surface area contributed by atoms with E-state index in [9.17, 15) is 4.79 Å². The van der Waals surface area contributed by atoms with Crippen molar-refractivity contribution in [2.45, 2.75) is 169 Å². The van der Waals surface area contributed by atoms with E-state index in [2.05, 4.69) is 27.7 Å². The largest absolute Gasteiger partial charge is 0.465 e. The van der Waals surface area contributed by atoms with E-state index in [1.807, 2.05) is 0 Å². The van der Waals surface area contributed by atoms with E-state index in [0.717, 1.165) is 6.42 Å². The van der Waals surface area contributed by atoms with Gasteiger partial charge in [0.05, 0.1) is 12.5 Å². The molecule has 192 valence electrons. The fourth-order valence-corrected chi connectivity index (χ4v) is 4.68. The number of hydrogen-bond acceptors (Lipinski definition) is 2. The molecule has 0 aliphatic rings. The van der Waals surface area contributed by atoms with Gasteiger partial charge < -0.3 is 4.74 Å². The Morgan fingerprint density at radius 2 is 0.938 bits per heavy atom. The van der Waals surface area contributed by atoms with Crippen molar-refractivity contribution in [2.24, 2.45) is 11.8 Å². The van der Waals surface area contributed by atoms with Gasteiger partial charge >= 0.3 is 5.97 Å². The van der Waals surface area contributed by atoms with Gasteiger partial charge in [-0.2, -0.15) is 0 Å². The zero-order valence-corrected chi connectivity index (χ0v) is 22.7. The van der Waals surface area contributed by atoms with E-state index in [1.165, 1.54) is 135 Å². The van der Waals surface area contributed by atoms with Crippen molar-refractivity contribution in [3.63, 3.8) is 0 Å². The quantitative estimate of drug-likeness (QED) is 0.102. The first-order valence-electron chi connectivity index (χ1n) is 14.8. The number of hydrogen-bond donors (Lipinski definition) is 0. The van der Waals surface area contributed by atoms with Crippen LogP contribution in [0.2, 0.25) is 0 Å². The second-order valence-electron chi connectivity index (χ2n) is 10.4. The van der Waals surface area contributed by atoms with E-state index in [4.69, 9.17) is 4.74 Å². The Balaban J connectivity index is 3.57. The van der Waals surface area contributed by atoms with Crippen LogP contribution >= 0.6 is 0 Å². The molecule has 2 heteroatoms. The first-order chi connectivity index (χ1) is 15.7. The van der Waals surface area contributed by atoms with E-state index >= 15 is 0 Å². The van der Waals surface area contributed by atoms with Crippen LogP contribution in [0.1, 0.15) is 169 Å². The first-order valence-corrected chi connectivity index (χ1v) is 14.8. The van der Waals surface area contributed by atoms with Crippen LogP contribution in [0.3, 0.4) is 0 Å². The third-order valence-corrected chi connectivity index (χ3v) is 7.02. The molecule has 0 saturated heterocycles. The Morgan fingerprint density at radius 3 is 1.41 bits per heavy atom. The van der Waals surface area contributed by atoms with Gasteiger partial charge in [0.25, 0.3) is 0 Å². The van der Waals surface area contributed by atoms with Crippen molar-refractivity contribution in [2.75, 3.05) is 6.61 Å². The Labute approximate surface area is 203 Å². The highest BCUT2D eigenvalue weighted by molar-refractivity contribution is 5.71. The Morgan fingerprint density at radius 1 is 0.531 bits per heavy atom. The minimum Gasteiger partial charge on any atom is -0.465 e. The molecule has 0 heterocycles. The molecule has 0 aromatic heterocycles. The highest BCUT2D eigenvalue weighted by atomic mass is 16.5. The SMILES string of the molecule is CCCCCCCCCCCCCCCCC(C)C(=O)OCC(CCC)CCCCCC. The van der Waals surface area contributed by atoms with E-state index in [1.54, 1.807) is 0 Å². The topological polar surface area (TPSA) is 26.3 Å². The maximum atomic E-state index is 12.4. The Bertz CT molecular complexity index is 379. The number of rotatable bonds is 25. The van der Waals surface area contributed by atoms with Crippen LogP contribution in [0.4, 0.5) is 0 Å². The average molecular weight is 453 g/mol. The maximum absolute atomic E-state index is 12.4. The summed E-state index contributed by atoms with van der Waals surface area (Å²) in [5, 5.41) is 0. The Kier molecular flexibility index (Phi) is 24.7. The molecule has 0 spiro atoms. The van der Waals surface area contributed by atoms with Crippen LogP contribution in [0.25, 0.3) is 0 Å². The van der Waals surface area contributed by atoms with Crippen molar-refractivity contribution >= 4 is 5.97 Å². The smallest absolute Gasteiger partial charge is 0.308 e. The van der Waals surface area contributed by atoms with Gasteiger partial charge in [0, 0.05) is 0 Å². The van der Waals surface area contributed by atoms with Gasteiger partial charge in [0.1, 0.15) is 0 Å². The lowest BCUT2D eigenvalue weighted by Crippen LogP contribution is -2.19. The molecule has 0 aromatic rings. The van der Waals surface area contributed by atoms with Crippen molar-refractivity contribution in [1.82, 2.24) is 0 Å². The predicted octanol–water partition coefficient (Wildman–Crippen LogP) is 10.4. The summed E-state index contributed by atoms with van der Waals surface area (Å²) < 4.78 is 5.71. The predicted molar refractivity (Wildman–Crippen MR) is 142 cm³/mol. The molecule has 0 rings (SSSR count). The van der Waals surface area contributed by atoms with E-state index in [-0.39, 0.29) is 11.9 Å². The number of esters is 1. The van der Waals surface area contributed by atoms with Gasteiger partial charge in [-0.25, -0.2) is 0 Å². The van der Waals surface area contributed by atoms with Gasteiger partial charge in [-0.3, -0.25) is 4.79 Å². The minimum absolute atomic E-state index is 0.0364. The lowest BCUT2D eigenvalue weighted by Gasteiger charge is -2.18. The molecule has 32 heavy (non-hydrogen) atoms. The summed E-state index contributed by atoms with van der Waals surface area (Å²) in [7, 11) is 0. The monoisotopic (exact) mass is 452 g/mol. The summed E-state index contributed by atoms with van der Waals surface area (Å²) >= 11 is 0. The van der Waals surface area contributed by atoms with Gasteiger partial charge in [0.2, 0.25) is 0 Å². The zero-order valence-electron chi connectivity index (χ0n) is 22.7. The fourth-order valence-electron chi connectivity index (χ4n) is 4.68. The average Bonchev–Trinajstić information content (AvgIpc) is 2.80. The van der Waals surface area contributed by atoms with Crippen LogP contribution in [-0.4, -0.2) is 12.6 Å². The lowest BCUT2D eigenvalue weighted by atomic mass is 9.97. The molecule has 0 amide bonds. The number of ether oxygens (including phenoxy) is 1. The fraction of sp³-hybridized carbons (Fsp3) is 0.967. The standard InChI is InChI=1S/C30H60O2/c1-5-8-10-12-13-14-15-16-17-18-19-20-21-22-25-28(4)30(31)32-27-29(24-7-3)26-23-11-9-6-2/h28-29H,5-27H2,1-4H3. The van der Waals surface area contributed by atoms with Gasteiger partial charge in [-0.15, -0.1) is 0 Å². The summed E-state index contributed by atoms with van der Waals surface area (Å²) in [6.07, 6.45) is 29.1. The summed E-state index contributed by atoms with van der Waals surface area (Å²) in [6, 6.07) is 0. The number of carbonyl (C=O) groups excluding carboxylic acids is 1. The highest BCUT2D eigenvalue weighted by Gasteiger charge is 2.16. The molecule has 0 N–H and O–H groups in total. The maximum Gasteiger partial charge on any atom is 0.308 e. The van der Waals surface area contributed by atoms with Crippen molar-refractivity contribution < 1.29 is 9.53 Å². The minimum atomic E-state index is 0.0364. The van der Waals surface area contributed by atoms with Crippen molar-refractivity contribution in [1.29, 1.82) is 0 Å². The molecule has 0 saturated carbocycles. The van der Waals surface area contributed by atoms with E-state index < -0.39 is 0 Å². The van der Waals surface area contributed by atoms with Crippen LogP contribution in [-0.2, 0) is 9.53 Å². The third kappa shape index (κ3) is 21.3. The van der Waals surface area contributed by atoms with Crippen LogP contribution in [0.15, 0.2) is 0 Å². The molecule has 2 unspecified atom stereocenters. The second-order valence-corrected chi connectivity index (χ2v) is 10.4. The number of carbonyl (C=O) groups is 1. The molecule has 0 aliphatic heterocycles. The molecular formula is C30H60O2. The molecular weight excluding hydrogens is 392 g/mol. The van der Waals surface area contributed by atoms with Gasteiger partial charge in [0.15, 0.2) is 0 Å². The molecule has 0 aromatic carbocycles. The molecule has 2 atom stereocenters. The van der Waals surface area contributed by atoms with Crippen LogP contribution < -0.4 is 0 Å². The molecule has 0 bridgehead atoms. The van der Waals surface area contributed by atoms with E-state index in [0.29, 0.717) is 12.5 Å². The molecule has 0 aliphatic carbocycles. The summed E-state index contributed by atoms with van der Waals surface area (Å²) in [4.78, 5) is 12.4. The lowest BCUT2D eigenvalue weighted by molar-refractivity contribution is -0.149. The molecule has 0 radical (unpaired) electrons. The molecule has 0 fully saturated rings. The third-order valence-electron chi connectivity index (χ3n) is 7.02. The first kappa shape index (κ1) is 31.5. The highest BCUT2D eigenvalue weighted by Crippen LogP contribution is 2.19. The second kappa shape index (κ2) is 25.1. The van der Waals surface area contributed by atoms with Crippen molar-refractivity contribution in [3.8, 4) is 0 Å². The zero-order chi connectivity index (χ0) is 23.7. The van der Waals surface area contributed by atoms with Crippen LogP contribution in [0.5, 0.6) is 0 Å². The molecule has 2 nitrogen and oxygen atoms in total.